The normalized spacial score (nSPS) is 38.8. The van der Waals surface area contributed by atoms with Crippen LogP contribution in [0.2, 0.25) is 0 Å². The molecule has 2 atom stereocenters. The molecule has 94 valence electrons. The van der Waals surface area contributed by atoms with Gasteiger partial charge in [-0.2, -0.15) is 0 Å². The van der Waals surface area contributed by atoms with Gasteiger partial charge in [-0.3, -0.25) is 19.8 Å². The van der Waals surface area contributed by atoms with Gasteiger partial charge < -0.3 is 0 Å². The maximum absolute atomic E-state index is 11.9. The van der Waals surface area contributed by atoms with Gasteiger partial charge in [-0.1, -0.05) is 6.92 Å². The molecular weight excluding hydrogens is 216 g/mol. The second-order valence-electron chi connectivity index (χ2n) is 5.86. The van der Waals surface area contributed by atoms with Crippen LogP contribution in [0.25, 0.3) is 0 Å². The van der Waals surface area contributed by atoms with Gasteiger partial charge in [0, 0.05) is 30.3 Å². The lowest BCUT2D eigenvalue weighted by Crippen LogP contribution is -2.53. The van der Waals surface area contributed by atoms with Gasteiger partial charge in [0.15, 0.2) is 0 Å². The van der Waals surface area contributed by atoms with Crippen LogP contribution in [-0.2, 0) is 9.59 Å². The van der Waals surface area contributed by atoms with E-state index in [0.29, 0.717) is 6.42 Å². The molecular formula is C13H20N2O2. The summed E-state index contributed by atoms with van der Waals surface area (Å²) in [5, 5.41) is 2.49. The quantitative estimate of drug-likeness (QED) is 0.725. The van der Waals surface area contributed by atoms with Crippen molar-refractivity contribution in [3.63, 3.8) is 0 Å². The highest BCUT2D eigenvalue weighted by molar-refractivity contribution is 5.99. The molecule has 2 amide bonds. The topological polar surface area (TPSA) is 49.4 Å². The summed E-state index contributed by atoms with van der Waals surface area (Å²) >= 11 is 0. The summed E-state index contributed by atoms with van der Waals surface area (Å²) in [7, 11) is 0. The molecule has 17 heavy (non-hydrogen) atoms. The Morgan fingerprint density at radius 3 is 2.82 bits per heavy atom. The van der Waals surface area contributed by atoms with E-state index in [9.17, 15) is 9.59 Å². The van der Waals surface area contributed by atoms with E-state index in [1.165, 1.54) is 12.8 Å². The number of amides is 2. The zero-order chi connectivity index (χ0) is 12.0. The zero-order valence-corrected chi connectivity index (χ0v) is 10.4. The van der Waals surface area contributed by atoms with Crippen LogP contribution in [0.4, 0.5) is 0 Å². The lowest BCUT2D eigenvalue weighted by molar-refractivity contribution is -0.143. The van der Waals surface area contributed by atoms with E-state index in [4.69, 9.17) is 0 Å². The van der Waals surface area contributed by atoms with Crippen LogP contribution < -0.4 is 5.32 Å². The number of piperidine rings is 1. The molecule has 0 aromatic carbocycles. The molecule has 0 aromatic rings. The fraction of sp³-hybridized carbons (Fsp3) is 0.846. The van der Waals surface area contributed by atoms with E-state index < -0.39 is 0 Å². The van der Waals surface area contributed by atoms with Crippen molar-refractivity contribution in [1.82, 2.24) is 10.2 Å². The molecule has 4 heteroatoms. The molecule has 4 nitrogen and oxygen atoms in total. The molecule has 1 aliphatic carbocycles. The Hall–Kier alpha value is -0.900. The van der Waals surface area contributed by atoms with Crippen molar-refractivity contribution in [2.45, 2.75) is 45.1 Å². The van der Waals surface area contributed by atoms with Crippen LogP contribution >= 0.6 is 0 Å². The lowest BCUT2D eigenvalue weighted by Gasteiger charge is -2.39. The first-order chi connectivity index (χ1) is 8.14. The Kier molecular flexibility index (Phi) is 2.51. The average molecular weight is 236 g/mol. The third kappa shape index (κ3) is 1.79. The highest BCUT2D eigenvalue weighted by atomic mass is 16.2. The minimum Gasteiger partial charge on any atom is -0.300 e. The Morgan fingerprint density at radius 1 is 1.41 bits per heavy atom. The SMILES string of the molecule is CCC1C(=O)NC(=O)CC12CCN(C1CC1)C2. The molecule has 3 fully saturated rings. The minimum absolute atomic E-state index is 0.0314. The Balaban J connectivity index is 1.82. The molecule has 0 aromatic heterocycles. The van der Waals surface area contributed by atoms with Gasteiger partial charge in [-0.25, -0.2) is 0 Å². The largest absolute Gasteiger partial charge is 0.300 e. The second kappa shape index (κ2) is 3.80. The van der Waals surface area contributed by atoms with Gasteiger partial charge >= 0.3 is 0 Å². The number of nitrogens with zero attached hydrogens (tertiary/aromatic N) is 1. The van der Waals surface area contributed by atoms with Crippen LogP contribution in [0.15, 0.2) is 0 Å². The van der Waals surface area contributed by atoms with E-state index in [1.807, 2.05) is 0 Å². The summed E-state index contributed by atoms with van der Waals surface area (Å²) in [5.41, 5.74) is -0.0588. The van der Waals surface area contributed by atoms with Crippen molar-refractivity contribution in [2.75, 3.05) is 13.1 Å². The first-order valence-corrected chi connectivity index (χ1v) is 6.72. The number of hydrogen-bond acceptors (Lipinski definition) is 3. The maximum Gasteiger partial charge on any atom is 0.230 e. The summed E-state index contributed by atoms with van der Waals surface area (Å²) in [4.78, 5) is 26.1. The molecule has 1 N–H and O–H groups in total. The fourth-order valence-corrected chi connectivity index (χ4v) is 3.72. The molecule has 2 saturated heterocycles. The van der Waals surface area contributed by atoms with Gasteiger partial charge in [0.1, 0.15) is 0 Å². The first-order valence-electron chi connectivity index (χ1n) is 6.72. The summed E-state index contributed by atoms with van der Waals surface area (Å²) in [5.74, 6) is -0.0808. The molecule has 1 saturated carbocycles. The van der Waals surface area contributed by atoms with E-state index >= 15 is 0 Å². The third-order valence-corrected chi connectivity index (χ3v) is 4.72. The van der Waals surface area contributed by atoms with Gasteiger partial charge in [0.05, 0.1) is 0 Å². The van der Waals surface area contributed by atoms with Crippen molar-refractivity contribution in [2.24, 2.45) is 11.3 Å². The average Bonchev–Trinajstić information content (AvgIpc) is 3.02. The lowest BCUT2D eigenvalue weighted by atomic mass is 9.68. The van der Waals surface area contributed by atoms with Gasteiger partial charge in [0.2, 0.25) is 11.8 Å². The summed E-state index contributed by atoms with van der Waals surface area (Å²) in [6, 6.07) is 0.743. The number of hydrogen-bond donors (Lipinski definition) is 1. The molecule has 2 heterocycles. The number of likely N-dealkylation sites (tertiary alicyclic amines) is 1. The number of carbonyl (C=O) groups is 2. The van der Waals surface area contributed by atoms with E-state index in [0.717, 1.165) is 32.0 Å². The maximum atomic E-state index is 11.9. The molecule has 2 aliphatic heterocycles. The first kappa shape index (κ1) is 11.2. The van der Waals surface area contributed by atoms with Crippen LogP contribution in [0.3, 0.4) is 0 Å². The second-order valence-corrected chi connectivity index (χ2v) is 5.86. The number of imide groups is 1. The van der Waals surface area contributed by atoms with Crippen molar-refractivity contribution in [3.8, 4) is 0 Å². The third-order valence-electron chi connectivity index (χ3n) is 4.72. The van der Waals surface area contributed by atoms with Crippen molar-refractivity contribution in [1.29, 1.82) is 0 Å². The van der Waals surface area contributed by atoms with Gasteiger partial charge in [-0.15, -0.1) is 0 Å². The summed E-state index contributed by atoms with van der Waals surface area (Å²) in [6.45, 7) is 4.08. The smallest absolute Gasteiger partial charge is 0.230 e. The molecule has 3 rings (SSSR count). The highest BCUT2D eigenvalue weighted by Gasteiger charge is 2.52. The van der Waals surface area contributed by atoms with Gasteiger partial charge in [-0.05, 0) is 32.2 Å². The van der Waals surface area contributed by atoms with E-state index in [-0.39, 0.29) is 23.1 Å². The predicted octanol–water partition coefficient (Wildman–Crippen LogP) is 0.914. The highest BCUT2D eigenvalue weighted by Crippen LogP contribution is 2.47. The predicted molar refractivity (Wildman–Crippen MR) is 63.2 cm³/mol. The summed E-state index contributed by atoms with van der Waals surface area (Å²) < 4.78 is 0. The molecule has 0 radical (unpaired) electrons. The molecule has 1 spiro atoms. The van der Waals surface area contributed by atoms with Crippen molar-refractivity contribution in [3.05, 3.63) is 0 Å². The van der Waals surface area contributed by atoms with Gasteiger partial charge in [0.25, 0.3) is 0 Å². The molecule has 3 aliphatic rings. The summed E-state index contributed by atoms with van der Waals surface area (Å²) in [6.07, 6.45) is 5.00. The zero-order valence-electron chi connectivity index (χ0n) is 10.4. The monoisotopic (exact) mass is 236 g/mol. The van der Waals surface area contributed by atoms with Crippen molar-refractivity contribution < 1.29 is 9.59 Å². The molecule has 2 unspecified atom stereocenters. The van der Waals surface area contributed by atoms with Crippen LogP contribution in [0.5, 0.6) is 0 Å². The molecule has 0 bridgehead atoms. The number of carbonyl (C=O) groups excluding carboxylic acids is 2. The van der Waals surface area contributed by atoms with Crippen molar-refractivity contribution >= 4 is 11.8 Å². The fourth-order valence-electron chi connectivity index (χ4n) is 3.72. The Morgan fingerprint density at radius 2 is 2.18 bits per heavy atom. The number of rotatable bonds is 2. The minimum atomic E-state index is -0.0719. The Bertz CT molecular complexity index is 364. The number of nitrogens with one attached hydrogen (secondary N) is 1. The van der Waals surface area contributed by atoms with Crippen LogP contribution in [-0.4, -0.2) is 35.8 Å². The van der Waals surface area contributed by atoms with Crippen LogP contribution in [0, 0.1) is 11.3 Å². The Labute approximate surface area is 102 Å². The van der Waals surface area contributed by atoms with E-state index in [2.05, 4.69) is 17.1 Å². The standard InChI is InChI=1S/C13H20N2O2/c1-2-10-12(17)14-11(16)7-13(10)5-6-15(8-13)9-3-4-9/h9-10H,2-8H2,1H3,(H,14,16,17). The van der Waals surface area contributed by atoms with E-state index in [1.54, 1.807) is 0 Å². The van der Waals surface area contributed by atoms with Crippen LogP contribution in [0.1, 0.15) is 39.0 Å².